The van der Waals surface area contributed by atoms with Crippen molar-refractivity contribution in [2.75, 3.05) is 0 Å². The molecule has 0 fully saturated rings. The highest BCUT2D eigenvalue weighted by molar-refractivity contribution is 7.27. The maximum atomic E-state index is 6.95. The summed E-state index contributed by atoms with van der Waals surface area (Å²) in [7, 11) is 72.8. The highest BCUT2D eigenvalue weighted by Gasteiger charge is 2.26. The number of fused-ring (bicyclic) bond motifs is 3. The van der Waals surface area contributed by atoms with Gasteiger partial charge in [0.05, 0.1) is 0 Å². The smallest absolute Gasteiger partial charge is 0.164 e. The molecule has 0 amide bonds. The van der Waals surface area contributed by atoms with Crippen LogP contribution in [0.1, 0.15) is 0 Å². The molecule has 9 aromatic rings. The third-order valence-electron chi connectivity index (χ3n) is 10.9. The Morgan fingerprint density at radius 3 is 1.22 bits per heavy atom. The van der Waals surface area contributed by atoms with Crippen molar-refractivity contribution in [3.63, 3.8) is 0 Å². The van der Waals surface area contributed by atoms with Crippen LogP contribution in [0.25, 0.3) is 87.7 Å². The van der Waals surface area contributed by atoms with Crippen LogP contribution in [0.3, 0.4) is 0 Å². The summed E-state index contributed by atoms with van der Waals surface area (Å²) in [5.41, 5.74) is 7.51. The molecule has 22 radical (unpaired) electrons. The van der Waals surface area contributed by atoms with Gasteiger partial charge >= 0.3 is 0 Å². The Morgan fingerprint density at radius 1 is 0.283 bits per heavy atom. The van der Waals surface area contributed by atoms with E-state index in [-0.39, 0.29) is 71.5 Å². The van der Waals surface area contributed by atoms with Crippen molar-refractivity contribution in [3.8, 4) is 67.5 Å². The Labute approximate surface area is 367 Å². The van der Waals surface area contributed by atoms with Gasteiger partial charge in [0.2, 0.25) is 0 Å². The van der Waals surface area contributed by atoms with Gasteiger partial charge in [0.1, 0.15) is 86.3 Å². The third-order valence-corrected chi connectivity index (χ3v) is 12.1. The van der Waals surface area contributed by atoms with Gasteiger partial charge in [-0.2, -0.15) is 0 Å². The molecular weight excluding hydrogens is 734 g/mol. The lowest BCUT2D eigenvalue weighted by Gasteiger charge is -2.25. The summed E-state index contributed by atoms with van der Waals surface area (Å²) < 4.78 is 1.05. The van der Waals surface area contributed by atoms with Gasteiger partial charge in [-0.25, -0.2) is 15.0 Å². The molecule has 252 valence electrons. The van der Waals surface area contributed by atoms with Crippen molar-refractivity contribution in [2.24, 2.45) is 0 Å². The van der Waals surface area contributed by atoms with Gasteiger partial charge in [-0.15, -0.1) is 38.7 Å². The molecule has 0 aliphatic heterocycles. The zero-order chi connectivity index (χ0) is 42.1. The van der Waals surface area contributed by atoms with E-state index < -0.39 is 0 Å². The van der Waals surface area contributed by atoms with Crippen molar-refractivity contribution in [1.29, 1.82) is 0 Å². The lowest BCUT2D eigenvalue weighted by Crippen LogP contribution is -2.56. The number of benzene rings is 7. The lowest BCUT2D eigenvalue weighted by molar-refractivity contribution is 1.08. The number of aromatic nitrogens is 3. The highest BCUT2D eigenvalue weighted by atomic mass is 32.1. The van der Waals surface area contributed by atoms with Crippen molar-refractivity contribution in [2.45, 2.75) is 0 Å². The maximum absolute atomic E-state index is 6.95. The Morgan fingerprint density at radius 2 is 0.650 bits per heavy atom. The van der Waals surface area contributed by atoms with Gasteiger partial charge in [-0.3, -0.25) is 0 Å². The van der Waals surface area contributed by atoms with Crippen LogP contribution in [-0.4, -0.2) is 101 Å². The first-order chi connectivity index (χ1) is 28.8. The van der Waals surface area contributed by atoms with Crippen LogP contribution < -0.4 is 60.1 Å². The fraction of sp³-hybridized carbons (Fsp3) is 0. The van der Waals surface area contributed by atoms with Crippen LogP contribution in [0.5, 0.6) is 0 Å². The van der Waals surface area contributed by atoms with Crippen LogP contribution in [0.4, 0.5) is 0 Å². The Bertz CT molecular complexity index is 3180. The minimum absolute atomic E-state index is 0.0350. The molecule has 2 heterocycles. The Kier molecular flexibility index (Phi) is 10.3. The molecule has 0 unspecified atom stereocenters. The van der Waals surface area contributed by atoms with Gasteiger partial charge in [-0.05, 0) is 50.2 Å². The molecule has 0 aliphatic rings. The summed E-state index contributed by atoms with van der Waals surface area (Å²) in [6.07, 6.45) is 0. The molecule has 15 heteroatoms. The quantitative estimate of drug-likeness (QED) is 0.205. The molecular formula is C45H18B11N3S. The molecule has 7 aromatic carbocycles. The van der Waals surface area contributed by atoms with E-state index in [2.05, 4.69) is 12.1 Å². The molecule has 0 spiro atoms. The number of hydrogen-bond acceptors (Lipinski definition) is 4. The first-order valence-electron chi connectivity index (χ1n) is 18.6. The largest absolute Gasteiger partial charge is 0.208 e. The fourth-order valence-corrected chi connectivity index (χ4v) is 9.07. The fourth-order valence-electron chi connectivity index (χ4n) is 7.62. The Hall–Kier alpha value is -5.52. The van der Waals surface area contributed by atoms with E-state index in [9.17, 15) is 0 Å². The lowest BCUT2D eigenvalue weighted by atomic mass is 9.58. The van der Waals surface area contributed by atoms with E-state index in [1.54, 1.807) is 0 Å². The van der Waals surface area contributed by atoms with Crippen LogP contribution in [0, 0.1) is 0 Å². The summed E-state index contributed by atoms with van der Waals surface area (Å²) in [5.74, 6) is 1.02. The second-order valence-electron chi connectivity index (χ2n) is 14.4. The summed E-state index contributed by atoms with van der Waals surface area (Å²) in [6.45, 7) is 0. The topological polar surface area (TPSA) is 38.7 Å². The van der Waals surface area contributed by atoms with E-state index in [0.717, 1.165) is 33.4 Å². The molecule has 0 bridgehead atoms. The first-order valence-corrected chi connectivity index (χ1v) is 19.5. The predicted molar refractivity (Wildman–Crippen MR) is 265 cm³/mol. The van der Waals surface area contributed by atoms with Crippen LogP contribution in [0.15, 0.2) is 109 Å². The second-order valence-corrected chi connectivity index (χ2v) is 15.4. The summed E-state index contributed by atoms with van der Waals surface area (Å²) in [4.78, 5) is 15.2. The zero-order valence-corrected chi connectivity index (χ0v) is 32.8. The number of nitrogens with zero attached hydrogens (tertiary/aromatic N) is 3. The average Bonchev–Trinajstić information content (AvgIpc) is 3.68. The van der Waals surface area contributed by atoms with Crippen molar-refractivity contribution in [3.05, 3.63) is 109 Å². The molecule has 0 atom stereocenters. The maximum Gasteiger partial charge on any atom is 0.164 e. The van der Waals surface area contributed by atoms with E-state index >= 15 is 0 Å². The molecule has 0 aliphatic carbocycles. The van der Waals surface area contributed by atoms with Crippen LogP contribution >= 0.6 is 11.3 Å². The van der Waals surface area contributed by atoms with Gasteiger partial charge in [0.15, 0.2) is 17.5 Å². The molecule has 0 saturated carbocycles. The van der Waals surface area contributed by atoms with Crippen LogP contribution in [0.2, 0.25) is 0 Å². The van der Waals surface area contributed by atoms with Crippen molar-refractivity contribution < 1.29 is 0 Å². The van der Waals surface area contributed by atoms with Gasteiger partial charge in [0.25, 0.3) is 0 Å². The normalized spacial score (nSPS) is 11.4. The Balaban J connectivity index is 1.35. The second kappa shape index (κ2) is 15.5. The van der Waals surface area contributed by atoms with Gasteiger partial charge < -0.3 is 0 Å². The van der Waals surface area contributed by atoms with Crippen molar-refractivity contribution >= 4 is 178 Å². The SMILES string of the molecule is [B]c1c([B])c([B])c(-c2c([B])c([B])c([B])c3c2sc2c(-c4nc(-c5ccc(-c6ccccc6)cc5)nc(-c5cccc(-c6ccccc6)c5)n4)c([B])c([B])c([B])c23)c([B])c1[B]. The number of thiophene rings is 1. The third kappa shape index (κ3) is 6.48. The first kappa shape index (κ1) is 39.9. The molecule has 3 nitrogen and oxygen atoms in total. The number of rotatable bonds is 6. The zero-order valence-electron chi connectivity index (χ0n) is 32.0. The van der Waals surface area contributed by atoms with E-state index in [0.29, 0.717) is 42.9 Å². The van der Waals surface area contributed by atoms with Gasteiger partial charge in [-0.1, -0.05) is 136 Å². The monoisotopic (exact) mass is 753 g/mol. The predicted octanol–water partition coefficient (Wildman–Crippen LogP) is -1.03. The van der Waals surface area contributed by atoms with Gasteiger partial charge in [0, 0.05) is 26.1 Å². The van der Waals surface area contributed by atoms with E-state index in [1.165, 1.54) is 11.3 Å². The molecule has 60 heavy (non-hydrogen) atoms. The number of hydrogen-bond donors (Lipinski definition) is 0. The minimum Gasteiger partial charge on any atom is -0.208 e. The summed E-state index contributed by atoms with van der Waals surface area (Å²) >= 11 is 1.26. The standard InChI is InChI=1S/C45H18B11N3S/c46-30-25(31(47)39(55)40(56)38(30)54)26-32(48)36(52)33(49)27-28-34(50)37(53)35(51)29(42(28)60-41(26)27)45-58-43(22-16-14-21(15-17-22)19-8-3-1-4-9-19)57-44(59-45)24-13-7-12-23(18-24)20-10-5-2-6-11-20/h1-18H. The average molecular weight is 752 g/mol. The molecule has 0 saturated heterocycles. The van der Waals surface area contributed by atoms with Crippen LogP contribution in [-0.2, 0) is 0 Å². The highest BCUT2D eigenvalue weighted by Crippen LogP contribution is 2.40. The van der Waals surface area contributed by atoms with E-state index in [1.807, 2.05) is 97.1 Å². The molecule has 0 N–H and O–H groups in total. The van der Waals surface area contributed by atoms with E-state index in [4.69, 9.17) is 101 Å². The summed E-state index contributed by atoms with van der Waals surface area (Å²) in [5, 5.41) is 0.897. The minimum atomic E-state index is 0.0350. The van der Waals surface area contributed by atoms with Crippen molar-refractivity contribution in [1.82, 2.24) is 15.0 Å². The molecule has 2 aromatic heterocycles. The molecule has 9 rings (SSSR count). The summed E-state index contributed by atoms with van der Waals surface area (Å²) in [6, 6.07) is 36.1.